The van der Waals surface area contributed by atoms with E-state index < -0.39 is 23.2 Å². The molecule has 7 heteroatoms. The van der Waals surface area contributed by atoms with Gasteiger partial charge in [-0.15, -0.1) is 0 Å². The van der Waals surface area contributed by atoms with E-state index in [0.717, 1.165) is 11.6 Å². The van der Waals surface area contributed by atoms with E-state index in [-0.39, 0.29) is 16.8 Å². The van der Waals surface area contributed by atoms with Gasteiger partial charge in [0.05, 0.1) is 22.8 Å². The molecule has 1 atom stereocenters. The first-order valence-corrected chi connectivity index (χ1v) is 10.5. The maximum Gasteiger partial charge on any atom is 0.196 e. The second-order valence-electron chi connectivity index (χ2n) is 8.25. The SMILES string of the molecule is C=C1C=C(c2oc3c(C(C)Nc4ccc(F)c(F)c4C#N)cc(C)cc3c(=O)c2C)C=CC1=N. The summed E-state index contributed by atoms with van der Waals surface area (Å²) in [5.41, 5.74) is 3.11. The number of halogens is 2. The van der Waals surface area contributed by atoms with Crippen LogP contribution in [-0.2, 0) is 0 Å². The van der Waals surface area contributed by atoms with Gasteiger partial charge in [-0.3, -0.25) is 4.79 Å². The van der Waals surface area contributed by atoms with E-state index >= 15 is 0 Å². The van der Waals surface area contributed by atoms with Crippen LogP contribution < -0.4 is 10.7 Å². The lowest BCUT2D eigenvalue weighted by Crippen LogP contribution is -2.14. The van der Waals surface area contributed by atoms with E-state index in [4.69, 9.17) is 9.83 Å². The number of rotatable bonds is 4. The normalized spacial score (nSPS) is 14.2. The van der Waals surface area contributed by atoms with E-state index in [0.29, 0.717) is 39.0 Å². The number of nitriles is 1. The Balaban J connectivity index is 1.89. The average molecular weight is 457 g/mol. The molecule has 34 heavy (non-hydrogen) atoms. The summed E-state index contributed by atoms with van der Waals surface area (Å²) >= 11 is 0. The Labute approximate surface area is 194 Å². The van der Waals surface area contributed by atoms with Crippen molar-refractivity contribution in [2.24, 2.45) is 0 Å². The van der Waals surface area contributed by atoms with Gasteiger partial charge in [0.1, 0.15) is 23.0 Å². The average Bonchev–Trinajstić information content (AvgIpc) is 2.80. The highest BCUT2D eigenvalue weighted by Crippen LogP contribution is 2.33. The van der Waals surface area contributed by atoms with Crippen molar-refractivity contribution in [3.8, 4) is 6.07 Å². The summed E-state index contributed by atoms with van der Waals surface area (Å²) in [7, 11) is 0. The Hall–Kier alpha value is -4.31. The second kappa shape index (κ2) is 8.56. The van der Waals surface area contributed by atoms with Crippen LogP contribution in [0.2, 0.25) is 0 Å². The molecule has 0 bridgehead atoms. The van der Waals surface area contributed by atoms with Gasteiger partial charge in [0, 0.05) is 16.7 Å². The Morgan fingerprint density at radius 3 is 2.62 bits per heavy atom. The first-order chi connectivity index (χ1) is 16.1. The smallest absolute Gasteiger partial charge is 0.196 e. The van der Waals surface area contributed by atoms with Crippen LogP contribution in [0.25, 0.3) is 16.5 Å². The molecule has 4 rings (SSSR count). The van der Waals surface area contributed by atoms with Crippen LogP contribution in [-0.4, -0.2) is 5.71 Å². The number of nitrogens with one attached hydrogen (secondary N) is 2. The molecule has 2 N–H and O–H groups in total. The molecule has 1 unspecified atom stereocenters. The largest absolute Gasteiger partial charge is 0.455 e. The molecule has 0 saturated heterocycles. The molecule has 2 aromatic carbocycles. The van der Waals surface area contributed by atoms with Crippen molar-refractivity contribution in [2.45, 2.75) is 26.8 Å². The van der Waals surface area contributed by atoms with E-state index in [2.05, 4.69) is 11.9 Å². The monoisotopic (exact) mass is 457 g/mol. The van der Waals surface area contributed by atoms with Crippen molar-refractivity contribution < 1.29 is 13.2 Å². The number of nitrogens with zero attached hydrogens (tertiary/aromatic N) is 1. The standard InChI is InChI=1S/C27H21F2N3O2/c1-13-9-18(16(4)32-23-8-6-21(28)24(29)20(23)12-30)27-19(10-13)25(33)15(3)26(34-27)17-5-7-22(31)14(2)11-17/h5-11,16,31-32H,2H2,1,3-4H3. The summed E-state index contributed by atoms with van der Waals surface area (Å²) in [6.07, 6.45) is 4.98. The highest BCUT2D eigenvalue weighted by molar-refractivity contribution is 6.12. The third-order valence-corrected chi connectivity index (χ3v) is 5.80. The van der Waals surface area contributed by atoms with Gasteiger partial charge in [-0.05, 0) is 68.3 Å². The van der Waals surface area contributed by atoms with Crippen LogP contribution in [0.3, 0.4) is 0 Å². The van der Waals surface area contributed by atoms with Gasteiger partial charge in [-0.2, -0.15) is 5.26 Å². The first kappa shape index (κ1) is 22.9. The quantitative estimate of drug-likeness (QED) is 0.484. The van der Waals surface area contributed by atoms with Crippen molar-refractivity contribution in [2.75, 3.05) is 5.32 Å². The number of fused-ring (bicyclic) bond motifs is 1. The van der Waals surface area contributed by atoms with E-state index in [9.17, 15) is 18.8 Å². The Morgan fingerprint density at radius 1 is 1.21 bits per heavy atom. The number of anilines is 1. The molecule has 1 aliphatic rings. The van der Waals surface area contributed by atoms with Gasteiger partial charge in [0.15, 0.2) is 17.1 Å². The highest BCUT2D eigenvalue weighted by Gasteiger charge is 2.22. The van der Waals surface area contributed by atoms with Crippen LogP contribution in [0, 0.1) is 42.2 Å². The summed E-state index contributed by atoms with van der Waals surface area (Å²) in [4.78, 5) is 13.3. The predicted molar refractivity (Wildman–Crippen MR) is 129 cm³/mol. The minimum Gasteiger partial charge on any atom is -0.455 e. The molecule has 0 fully saturated rings. The molecular formula is C27H21F2N3O2. The lowest BCUT2D eigenvalue weighted by atomic mass is 9.95. The van der Waals surface area contributed by atoms with Crippen molar-refractivity contribution in [3.63, 3.8) is 0 Å². The van der Waals surface area contributed by atoms with Crippen LogP contribution >= 0.6 is 0 Å². The first-order valence-electron chi connectivity index (χ1n) is 10.5. The van der Waals surface area contributed by atoms with Crippen LogP contribution in [0.4, 0.5) is 14.5 Å². The molecule has 1 aliphatic carbocycles. The van der Waals surface area contributed by atoms with Crippen LogP contribution in [0.1, 0.15) is 41.0 Å². The summed E-state index contributed by atoms with van der Waals surface area (Å²) in [5, 5.41) is 20.6. The number of benzene rings is 2. The van der Waals surface area contributed by atoms with Crippen molar-refractivity contribution in [1.82, 2.24) is 0 Å². The minimum atomic E-state index is -1.22. The molecule has 0 spiro atoms. The van der Waals surface area contributed by atoms with Gasteiger partial charge >= 0.3 is 0 Å². The summed E-state index contributed by atoms with van der Waals surface area (Å²) in [5.74, 6) is -1.96. The van der Waals surface area contributed by atoms with Gasteiger partial charge in [-0.1, -0.05) is 12.6 Å². The topological polar surface area (TPSA) is 89.9 Å². The van der Waals surface area contributed by atoms with Gasteiger partial charge < -0.3 is 15.1 Å². The number of allylic oxidation sites excluding steroid dienone is 5. The Bertz CT molecular complexity index is 1560. The Kier molecular flexibility index (Phi) is 5.76. The molecule has 0 radical (unpaired) electrons. The highest BCUT2D eigenvalue weighted by atomic mass is 19.2. The summed E-state index contributed by atoms with van der Waals surface area (Å²) < 4.78 is 34.0. The maximum absolute atomic E-state index is 14.1. The predicted octanol–water partition coefficient (Wildman–Crippen LogP) is 6.26. The zero-order chi connectivity index (χ0) is 24.7. The molecule has 170 valence electrons. The molecule has 1 heterocycles. The third-order valence-electron chi connectivity index (χ3n) is 5.80. The summed E-state index contributed by atoms with van der Waals surface area (Å²) in [6.45, 7) is 9.16. The Morgan fingerprint density at radius 2 is 1.94 bits per heavy atom. The van der Waals surface area contributed by atoms with Gasteiger partial charge in [0.2, 0.25) is 0 Å². The minimum absolute atomic E-state index is 0.131. The third kappa shape index (κ3) is 3.84. The summed E-state index contributed by atoms with van der Waals surface area (Å²) in [6, 6.07) is 7.01. The fourth-order valence-electron chi connectivity index (χ4n) is 3.99. The number of hydrogen-bond donors (Lipinski definition) is 2. The van der Waals surface area contributed by atoms with Crippen molar-refractivity contribution >= 4 is 27.9 Å². The zero-order valence-electron chi connectivity index (χ0n) is 18.8. The molecule has 0 amide bonds. The molecule has 1 aromatic heterocycles. The van der Waals surface area contributed by atoms with Gasteiger partial charge in [-0.25, -0.2) is 8.78 Å². The fraction of sp³-hybridized carbons (Fsp3) is 0.148. The lowest BCUT2D eigenvalue weighted by molar-refractivity contribution is 0.506. The van der Waals surface area contributed by atoms with Gasteiger partial charge in [0.25, 0.3) is 0 Å². The van der Waals surface area contributed by atoms with Crippen molar-refractivity contribution in [1.29, 1.82) is 10.7 Å². The zero-order valence-corrected chi connectivity index (χ0v) is 18.8. The molecule has 5 nitrogen and oxygen atoms in total. The van der Waals surface area contributed by atoms with E-state index in [1.54, 1.807) is 44.2 Å². The molecular weight excluding hydrogens is 436 g/mol. The van der Waals surface area contributed by atoms with Crippen LogP contribution in [0.15, 0.2) is 63.9 Å². The van der Waals surface area contributed by atoms with Crippen molar-refractivity contribution in [3.05, 3.63) is 105 Å². The fourth-order valence-corrected chi connectivity index (χ4v) is 3.99. The lowest BCUT2D eigenvalue weighted by Gasteiger charge is -2.20. The maximum atomic E-state index is 14.1. The second-order valence-corrected chi connectivity index (χ2v) is 8.25. The number of hydrogen-bond acceptors (Lipinski definition) is 5. The van der Waals surface area contributed by atoms with E-state index in [1.165, 1.54) is 6.07 Å². The number of aryl methyl sites for hydroxylation is 1. The molecule has 0 aliphatic heterocycles. The van der Waals surface area contributed by atoms with E-state index in [1.807, 2.05) is 13.0 Å². The molecule has 0 saturated carbocycles. The van der Waals surface area contributed by atoms with Crippen LogP contribution in [0.5, 0.6) is 0 Å². The molecule has 3 aromatic rings.